The number of hydrogen-bond acceptors (Lipinski definition) is 3. The SMILES string of the molecule is CCN(CC)S(=O)(=O)Nc1ccc(F)c(C(=N)N)c1. The predicted molar refractivity (Wildman–Crippen MR) is 72.9 cm³/mol. The molecule has 6 nitrogen and oxygen atoms in total. The summed E-state index contributed by atoms with van der Waals surface area (Å²) in [7, 11) is -3.68. The molecule has 0 saturated carbocycles. The molecular weight excluding hydrogens is 271 g/mol. The molecule has 19 heavy (non-hydrogen) atoms. The molecule has 0 atom stereocenters. The molecule has 0 amide bonds. The molecule has 0 spiro atoms. The second-order valence-electron chi connectivity index (χ2n) is 3.80. The van der Waals surface area contributed by atoms with Gasteiger partial charge < -0.3 is 5.73 Å². The van der Waals surface area contributed by atoms with Crippen LogP contribution in [0, 0.1) is 11.2 Å². The lowest BCUT2D eigenvalue weighted by atomic mass is 10.2. The van der Waals surface area contributed by atoms with Gasteiger partial charge in [-0.25, -0.2) is 4.39 Å². The Morgan fingerprint density at radius 1 is 1.42 bits per heavy atom. The van der Waals surface area contributed by atoms with Crippen LogP contribution < -0.4 is 10.5 Å². The molecule has 4 N–H and O–H groups in total. The monoisotopic (exact) mass is 288 g/mol. The molecule has 106 valence electrons. The highest BCUT2D eigenvalue weighted by Crippen LogP contribution is 2.16. The van der Waals surface area contributed by atoms with Crippen LogP contribution >= 0.6 is 0 Å². The highest BCUT2D eigenvalue weighted by molar-refractivity contribution is 7.90. The summed E-state index contributed by atoms with van der Waals surface area (Å²) in [4.78, 5) is 0. The van der Waals surface area contributed by atoms with Gasteiger partial charge in [0.2, 0.25) is 0 Å². The summed E-state index contributed by atoms with van der Waals surface area (Å²) in [5.74, 6) is -1.13. The van der Waals surface area contributed by atoms with Crippen LogP contribution in [0.5, 0.6) is 0 Å². The number of rotatable bonds is 6. The maximum atomic E-state index is 13.3. The number of halogens is 1. The standard InChI is InChI=1S/C11H17FN4O2S/c1-3-16(4-2)19(17,18)15-8-5-6-10(12)9(7-8)11(13)14/h5-7,15H,3-4H2,1-2H3,(H3,13,14). The van der Waals surface area contributed by atoms with E-state index in [2.05, 4.69) is 4.72 Å². The van der Waals surface area contributed by atoms with E-state index in [1.54, 1.807) is 13.8 Å². The Kier molecular flexibility index (Phi) is 4.84. The van der Waals surface area contributed by atoms with Crippen molar-refractivity contribution in [1.29, 1.82) is 5.41 Å². The molecule has 1 aromatic carbocycles. The zero-order valence-electron chi connectivity index (χ0n) is 10.8. The molecule has 1 aromatic rings. The van der Waals surface area contributed by atoms with Gasteiger partial charge in [0.15, 0.2) is 0 Å². The number of hydrogen-bond donors (Lipinski definition) is 3. The Morgan fingerprint density at radius 3 is 2.47 bits per heavy atom. The molecule has 0 aliphatic rings. The molecule has 0 unspecified atom stereocenters. The molecule has 0 radical (unpaired) electrons. The molecule has 0 aliphatic heterocycles. The Bertz CT molecular complexity index is 570. The molecule has 8 heteroatoms. The number of nitrogen functional groups attached to an aromatic ring is 1. The first kappa shape index (κ1) is 15.4. The summed E-state index contributed by atoms with van der Waals surface area (Å²) in [6.07, 6.45) is 0. The van der Waals surface area contributed by atoms with E-state index in [1.807, 2.05) is 0 Å². The van der Waals surface area contributed by atoms with Crippen LogP contribution in [0.15, 0.2) is 18.2 Å². The lowest BCUT2D eigenvalue weighted by Gasteiger charge is -2.19. The third-order valence-electron chi connectivity index (χ3n) is 2.55. The minimum atomic E-state index is -3.68. The zero-order valence-corrected chi connectivity index (χ0v) is 11.6. The first-order valence-corrected chi connectivity index (χ1v) is 7.17. The van der Waals surface area contributed by atoms with E-state index in [4.69, 9.17) is 11.1 Å². The number of anilines is 1. The third-order valence-corrected chi connectivity index (χ3v) is 4.24. The quantitative estimate of drug-likeness (QED) is 0.540. The van der Waals surface area contributed by atoms with E-state index in [9.17, 15) is 12.8 Å². The van der Waals surface area contributed by atoms with Crippen LogP contribution in [-0.2, 0) is 10.2 Å². The van der Waals surface area contributed by atoms with E-state index in [1.165, 1.54) is 16.4 Å². The summed E-state index contributed by atoms with van der Waals surface area (Å²) in [5.41, 5.74) is 5.24. The van der Waals surface area contributed by atoms with Crippen molar-refractivity contribution in [2.75, 3.05) is 17.8 Å². The van der Waals surface area contributed by atoms with Crippen molar-refractivity contribution >= 4 is 21.7 Å². The molecule has 1 rings (SSSR count). The van der Waals surface area contributed by atoms with Gasteiger partial charge in [-0.2, -0.15) is 12.7 Å². The fraction of sp³-hybridized carbons (Fsp3) is 0.364. The van der Waals surface area contributed by atoms with Crippen molar-refractivity contribution < 1.29 is 12.8 Å². The second kappa shape index (κ2) is 5.98. The van der Waals surface area contributed by atoms with E-state index in [0.717, 1.165) is 6.07 Å². The van der Waals surface area contributed by atoms with Crippen LogP contribution in [-0.4, -0.2) is 31.6 Å². The number of nitrogens with zero attached hydrogens (tertiary/aromatic N) is 1. The molecular formula is C11H17FN4O2S. The average molecular weight is 288 g/mol. The summed E-state index contributed by atoms with van der Waals surface area (Å²) in [6.45, 7) is 4.09. The van der Waals surface area contributed by atoms with Crippen LogP contribution in [0.2, 0.25) is 0 Å². The zero-order chi connectivity index (χ0) is 14.6. The van der Waals surface area contributed by atoms with Gasteiger partial charge in [0, 0.05) is 13.1 Å². The maximum Gasteiger partial charge on any atom is 0.301 e. The van der Waals surface area contributed by atoms with E-state index >= 15 is 0 Å². The van der Waals surface area contributed by atoms with Gasteiger partial charge in [-0.15, -0.1) is 0 Å². The van der Waals surface area contributed by atoms with E-state index in [-0.39, 0.29) is 11.3 Å². The normalized spacial score (nSPS) is 11.6. The van der Waals surface area contributed by atoms with Gasteiger partial charge in [-0.3, -0.25) is 10.1 Å². The van der Waals surface area contributed by atoms with Gasteiger partial charge in [-0.05, 0) is 18.2 Å². The van der Waals surface area contributed by atoms with Crippen molar-refractivity contribution in [3.63, 3.8) is 0 Å². The summed E-state index contributed by atoms with van der Waals surface area (Å²) < 4.78 is 40.8. The number of nitrogens with one attached hydrogen (secondary N) is 2. The van der Waals surface area contributed by atoms with Crippen LogP contribution in [0.4, 0.5) is 10.1 Å². The summed E-state index contributed by atoms with van der Waals surface area (Å²) in [5, 5.41) is 7.21. The minimum Gasteiger partial charge on any atom is -0.384 e. The third kappa shape index (κ3) is 3.65. The second-order valence-corrected chi connectivity index (χ2v) is 5.47. The molecule has 0 aliphatic carbocycles. The van der Waals surface area contributed by atoms with Crippen LogP contribution in [0.3, 0.4) is 0 Å². The summed E-state index contributed by atoms with van der Waals surface area (Å²) >= 11 is 0. The molecule has 0 heterocycles. The largest absolute Gasteiger partial charge is 0.384 e. The van der Waals surface area contributed by atoms with Gasteiger partial charge >= 0.3 is 10.2 Å². The Balaban J connectivity index is 3.07. The van der Waals surface area contributed by atoms with Gasteiger partial charge in [0.25, 0.3) is 0 Å². The van der Waals surface area contributed by atoms with Crippen molar-refractivity contribution in [1.82, 2.24) is 4.31 Å². The number of benzene rings is 1. The molecule has 0 bridgehead atoms. The number of amidine groups is 1. The lowest BCUT2D eigenvalue weighted by molar-refractivity contribution is 0.449. The van der Waals surface area contributed by atoms with Crippen molar-refractivity contribution in [3.8, 4) is 0 Å². The average Bonchev–Trinajstić information content (AvgIpc) is 2.32. The molecule has 0 saturated heterocycles. The molecule has 0 fully saturated rings. The first-order chi connectivity index (χ1) is 8.81. The van der Waals surface area contributed by atoms with E-state index in [0.29, 0.717) is 13.1 Å². The Labute approximate surface area is 112 Å². The van der Waals surface area contributed by atoms with Crippen LogP contribution in [0.1, 0.15) is 19.4 Å². The predicted octanol–water partition coefficient (Wildman–Crippen LogP) is 1.11. The fourth-order valence-electron chi connectivity index (χ4n) is 1.57. The van der Waals surface area contributed by atoms with Gasteiger partial charge in [0.1, 0.15) is 11.7 Å². The lowest BCUT2D eigenvalue weighted by Crippen LogP contribution is -2.35. The highest BCUT2D eigenvalue weighted by atomic mass is 32.2. The minimum absolute atomic E-state index is 0.139. The number of nitrogens with two attached hydrogens (primary N) is 1. The van der Waals surface area contributed by atoms with Gasteiger partial charge in [-0.1, -0.05) is 13.8 Å². The van der Waals surface area contributed by atoms with Crippen LogP contribution in [0.25, 0.3) is 0 Å². The van der Waals surface area contributed by atoms with E-state index < -0.39 is 21.9 Å². The Morgan fingerprint density at radius 2 is 2.00 bits per heavy atom. The topological polar surface area (TPSA) is 99.3 Å². The van der Waals surface area contributed by atoms with Crippen molar-refractivity contribution in [2.45, 2.75) is 13.8 Å². The van der Waals surface area contributed by atoms with Crippen molar-refractivity contribution in [3.05, 3.63) is 29.6 Å². The highest BCUT2D eigenvalue weighted by Gasteiger charge is 2.19. The van der Waals surface area contributed by atoms with Gasteiger partial charge in [0.05, 0.1) is 11.3 Å². The maximum absolute atomic E-state index is 13.3. The Hall–Kier alpha value is -1.67. The fourth-order valence-corrected chi connectivity index (χ4v) is 2.81. The first-order valence-electron chi connectivity index (χ1n) is 5.73. The van der Waals surface area contributed by atoms with Crippen molar-refractivity contribution in [2.24, 2.45) is 5.73 Å². The summed E-state index contributed by atoms with van der Waals surface area (Å²) in [6, 6.07) is 3.54. The smallest absolute Gasteiger partial charge is 0.301 e. The molecule has 0 aromatic heterocycles.